The number of rotatable bonds is 12. The van der Waals surface area contributed by atoms with Crippen molar-refractivity contribution in [2.45, 2.75) is 18.4 Å². The van der Waals surface area contributed by atoms with Crippen LogP contribution in [0.25, 0.3) is 10.8 Å². The molecule has 0 saturated heterocycles. The van der Waals surface area contributed by atoms with Crippen LogP contribution in [0.15, 0.2) is 119 Å². The number of nitrogens with zero attached hydrogens (tertiary/aromatic N) is 2. The van der Waals surface area contributed by atoms with Crippen molar-refractivity contribution >= 4 is 38.6 Å². The molecule has 45 heavy (non-hydrogen) atoms. The summed E-state index contributed by atoms with van der Waals surface area (Å²) in [6.45, 7) is 1.82. The number of benzene rings is 5. The number of hydrogen-bond donors (Lipinski definition) is 1. The zero-order valence-corrected chi connectivity index (χ0v) is 26.0. The maximum atomic E-state index is 13.7. The van der Waals surface area contributed by atoms with E-state index in [2.05, 4.69) is 34.8 Å². The number of anilines is 1. The highest BCUT2D eigenvalue weighted by Gasteiger charge is 2.28. The summed E-state index contributed by atoms with van der Waals surface area (Å²) in [4.78, 5) is 12.9. The average Bonchev–Trinajstić information content (AvgIpc) is 3.06. The summed E-state index contributed by atoms with van der Waals surface area (Å²) in [6.07, 6.45) is 1.48. The second-order valence-corrected chi connectivity index (χ2v) is 12.1. The van der Waals surface area contributed by atoms with Crippen molar-refractivity contribution in [3.8, 4) is 17.2 Å². The van der Waals surface area contributed by atoms with Gasteiger partial charge in [0.25, 0.3) is 15.9 Å². The molecule has 0 heterocycles. The summed E-state index contributed by atoms with van der Waals surface area (Å²) in [5, 5.41) is 6.38. The molecule has 0 aliphatic heterocycles. The van der Waals surface area contributed by atoms with E-state index in [1.807, 2.05) is 49.4 Å². The Morgan fingerprint density at radius 2 is 1.53 bits per heavy atom. The fourth-order valence-corrected chi connectivity index (χ4v) is 6.06. The van der Waals surface area contributed by atoms with Gasteiger partial charge in [0.1, 0.15) is 18.9 Å². The molecule has 5 aromatic carbocycles. The Balaban J connectivity index is 1.23. The Kier molecular flexibility index (Phi) is 9.64. The van der Waals surface area contributed by atoms with Gasteiger partial charge in [-0.05, 0) is 83.4 Å². The lowest BCUT2D eigenvalue weighted by Gasteiger charge is -2.24. The molecule has 0 bridgehead atoms. The summed E-state index contributed by atoms with van der Waals surface area (Å²) in [6, 6.07) is 32.8. The number of carbonyl (C=O) groups is 1. The van der Waals surface area contributed by atoms with Gasteiger partial charge < -0.3 is 14.2 Å². The summed E-state index contributed by atoms with van der Waals surface area (Å²) < 4.78 is 45.0. The Morgan fingerprint density at radius 3 is 2.24 bits per heavy atom. The maximum absolute atomic E-state index is 13.7. The predicted molar refractivity (Wildman–Crippen MR) is 176 cm³/mol. The number of amides is 1. The monoisotopic (exact) mass is 623 g/mol. The zero-order valence-electron chi connectivity index (χ0n) is 25.1. The maximum Gasteiger partial charge on any atom is 0.264 e. The lowest BCUT2D eigenvalue weighted by molar-refractivity contribution is -0.119. The number of ether oxygens (including phenoxy) is 3. The molecule has 0 aliphatic carbocycles. The van der Waals surface area contributed by atoms with Gasteiger partial charge >= 0.3 is 0 Å². The second kappa shape index (κ2) is 14.0. The third-order valence-corrected chi connectivity index (χ3v) is 8.82. The molecule has 0 unspecified atom stereocenters. The van der Waals surface area contributed by atoms with Crippen LogP contribution in [0.3, 0.4) is 0 Å². The van der Waals surface area contributed by atoms with Crippen molar-refractivity contribution in [3.63, 3.8) is 0 Å². The summed E-state index contributed by atoms with van der Waals surface area (Å²) in [5.41, 5.74) is 5.49. The van der Waals surface area contributed by atoms with E-state index in [1.165, 1.54) is 44.0 Å². The fraction of sp³-hybridized carbons (Fsp3) is 0.143. The number of hydrazone groups is 1. The van der Waals surface area contributed by atoms with Crippen molar-refractivity contribution in [1.82, 2.24) is 5.43 Å². The van der Waals surface area contributed by atoms with Crippen LogP contribution in [-0.2, 0) is 21.4 Å². The average molecular weight is 624 g/mol. The SMILES string of the molecule is COc1ccc(S(=O)(=O)N(CC(=O)N/N=C\c2ccc(OCc3ccc4ccccc4c3)cc2)c2ccc(C)cc2)cc1OC. The quantitative estimate of drug-likeness (QED) is 0.133. The van der Waals surface area contributed by atoms with Gasteiger partial charge in [-0.25, -0.2) is 13.8 Å². The van der Waals surface area contributed by atoms with Crippen molar-refractivity contribution in [2.24, 2.45) is 5.10 Å². The number of sulfonamides is 1. The van der Waals surface area contributed by atoms with E-state index in [0.29, 0.717) is 23.8 Å². The molecular weight excluding hydrogens is 590 g/mol. The lowest BCUT2D eigenvalue weighted by Crippen LogP contribution is -2.39. The molecule has 0 aliphatic rings. The minimum Gasteiger partial charge on any atom is -0.493 e. The number of nitrogens with one attached hydrogen (secondary N) is 1. The number of methoxy groups -OCH3 is 2. The highest BCUT2D eigenvalue weighted by Crippen LogP contribution is 2.32. The summed E-state index contributed by atoms with van der Waals surface area (Å²) in [5.74, 6) is 0.709. The lowest BCUT2D eigenvalue weighted by atomic mass is 10.1. The number of fused-ring (bicyclic) bond motifs is 1. The van der Waals surface area contributed by atoms with Crippen LogP contribution in [-0.4, -0.2) is 41.3 Å². The number of aryl methyl sites for hydroxylation is 1. The van der Waals surface area contributed by atoms with Crippen molar-refractivity contribution in [1.29, 1.82) is 0 Å². The van der Waals surface area contributed by atoms with Crippen LogP contribution < -0.4 is 23.9 Å². The predicted octanol–water partition coefficient (Wildman–Crippen LogP) is 6.09. The molecule has 0 saturated carbocycles. The van der Waals surface area contributed by atoms with Gasteiger partial charge in [0, 0.05) is 6.07 Å². The first-order valence-corrected chi connectivity index (χ1v) is 15.5. The van der Waals surface area contributed by atoms with Gasteiger partial charge in [0.15, 0.2) is 11.5 Å². The molecule has 0 fully saturated rings. The molecule has 0 radical (unpaired) electrons. The normalized spacial score (nSPS) is 11.4. The standard InChI is InChI=1S/C35H33N3O6S/c1-25-8-14-30(15-9-25)38(45(40,41)32-18-19-33(42-2)34(21-32)43-3)23-35(39)37-36-22-26-11-16-31(17-12-26)44-24-27-10-13-28-6-4-5-7-29(28)20-27/h4-22H,23-24H2,1-3H3,(H,37,39)/b36-22-. The molecule has 10 heteroatoms. The van der Waals surface area contributed by atoms with E-state index < -0.39 is 22.5 Å². The van der Waals surface area contributed by atoms with Crippen molar-refractivity contribution < 1.29 is 27.4 Å². The Morgan fingerprint density at radius 1 is 0.822 bits per heavy atom. The summed E-state index contributed by atoms with van der Waals surface area (Å²) in [7, 11) is -1.28. The minimum atomic E-state index is -4.17. The minimum absolute atomic E-state index is 0.0556. The molecule has 5 rings (SSSR count). The van der Waals surface area contributed by atoms with Gasteiger partial charge in [-0.3, -0.25) is 9.10 Å². The first-order valence-electron chi connectivity index (χ1n) is 14.1. The molecular formula is C35H33N3O6S. The number of carbonyl (C=O) groups excluding carboxylic acids is 1. The van der Waals surface area contributed by atoms with E-state index >= 15 is 0 Å². The number of hydrogen-bond acceptors (Lipinski definition) is 7. The van der Waals surface area contributed by atoms with Gasteiger partial charge in [-0.15, -0.1) is 0 Å². The third kappa shape index (κ3) is 7.60. The molecule has 0 atom stereocenters. The van der Waals surface area contributed by atoms with E-state index in [4.69, 9.17) is 14.2 Å². The first-order chi connectivity index (χ1) is 21.8. The highest BCUT2D eigenvalue weighted by molar-refractivity contribution is 7.92. The Bertz CT molecular complexity index is 1920. The molecule has 9 nitrogen and oxygen atoms in total. The molecule has 0 aromatic heterocycles. The second-order valence-electron chi connectivity index (χ2n) is 10.2. The largest absolute Gasteiger partial charge is 0.493 e. The third-order valence-electron chi connectivity index (χ3n) is 7.05. The molecule has 1 N–H and O–H groups in total. The molecule has 230 valence electrons. The van der Waals surface area contributed by atoms with Gasteiger partial charge in [0.2, 0.25) is 0 Å². The smallest absolute Gasteiger partial charge is 0.264 e. The zero-order chi connectivity index (χ0) is 31.8. The molecule has 1 amide bonds. The van der Waals surface area contributed by atoms with Crippen LogP contribution in [0.1, 0.15) is 16.7 Å². The topological polar surface area (TPSA) is 107 Å². The Labute approximate surface area is 262 Å². The van der Waals surface area contributed by atoms with Gasteiger partial charge in [0.05, 0.1) is 31.0 Å². The van der Waals surface area contributed by atoms with Crippen LogP contribution >= 0.6 is 0 Å². The first kappa shape index (κ1) is 31.1. The van der Waals surface area contributed by atoms with Crippen LogP contribution in [0.2, 0.25) is 0 Å². The highest BCUT2D eigenvalue weighted by atomic mass is 32.2. The van der Waals surface area contributed by atoms with E-state index in [1.54, 1.807) is 24.3 Å². The van der Waals surface area contributed by atoms with E-state index in [-0.39, 0.29) is 10.6 Å². The van der Waals surface area contributed by atoms with E-state index in [0.717, 1.165) is 26.4 Å². The van der Waals surface area contributed by atoms with E-state index in [9.17, 15) is 13.2 Å². The van der Waals surface area contributed by atoms with Crippen molar-refractivity contribution in [3.05, 3.63) is 126 Å². The van der Waals surface area contributed by atoms with Crippen molar-refractivity contribution in [2.75, 3.05) is 25.1 Å². The van der Waals surface area contributed by atoms with Crippen LogP contribution in [0, 0.1) is 6.92 Å². The van der Waals surface area contributed by atoms with Gasteiger partial charge in [-0.2, -0.15) is 5.10 Å². The van der Waals surface area contributed by atoms with Gasteiger partial charge in [-0.1, -0.05) is 54.1 Å². The Hall–Kier alpha value is -5.35. The van der Waals surface area contributed by atoms with Crippen LogP contribution in [0.4, 0.5) is 5.69 Å². The van der Waals surface area contributed by atoms with Crippen LogP contribution in [0.5, 0.6) is 17.2 Å². The molecule has 5 aromatic rings. The molecule has 0 spiro atoms. The fourth-order valence-electron chi connectivity index (χ4n) is 4.62. The summed E-state index contributed by atoms with van der Waals surface area (Å²) >= 11 is 0.